The number of nitrogens with zero attached hydrogens (tertiary/aromatic N) is 2. The average molecular weight is 636 g/mol. The molecule has 42 heavy (non-hydrogen) atoms. The quantitative estimate of drug-likeness (QED) is 0.181. The fourth-order valence-corrected chi connectivity index (χ4v) is 7.25. The molecule has 0 saturated heterocycles. The second-order valence-electron chi connectivity index (χ2n) is 10.5. The molecule has 10 heteroatoms. The maximum atomic E-state index is 14.3. The van der Waals surface area contributed by atoms with Gasteiger partial charge in [-0.3, -0.25) is 4.79 Å². The van der Waals surface area contributed by atoms with E-state index in [0.29, 0.717) is 27.8 Å². The number of hydrogen-bond donors (Lipinski definition) is 0. The summed E-state index contributed by atoms with van der Waals surface area (Å²) in [6.07, 6.45) is -1.16. The van der Waals surface area contributed by atoms with Gasteiger partial charge in [0.05, 0.1) is 17.2 Å². The number of amides is 1. The number of rotatable bonds is 8. The summed E-state index contributed by atoms with van der Waals surface area (Å²) in [5.74, 6) is 0.480. The number of alkyl halides is 3. The maximum absolute atomic E-state index is 14.3. The van der Waals surface area contributed by atoms with E-state index in [1.807, 2.05) is 61.3 Å². The Balaban J connectivity index is 1.52. The molecule has 1 aliphatic rings. The molecule has 222 valence electrons. The van der Waals surface area contributed by atoms with Crippen molar-refractivity contribution in [3.63, 3.8) is 0 Å². The van der Waals surface area contributed by atoms with Crippen LogP contribution in [0.3, 0.4) is 0 Å². The zero-order chi connectivity index (χ0) is 30.0. The predicted molar refractivity (Wildman–Crippen MR) is 164 cm³/mol. The molecule has 0 atom stereocenters. The van der Waals surface area contributed by atoms with Crippen molar-refractivity contribution in [3.8, 4) is 16.9 Å². The lowest BCUT2D eigenvalue weighted by atomic mass is 9.89. The number of ether oxygens (including phenoxy) is 1. The Morgan fingerprint density at radius 1 is 0.976 bits per heavy atom. The molecule has 5 rings (SSSR count). The molecule has 1 amide bonds. The number of halogens is 5. The minimum atomic E-state index is -4.41. The SMILES string of the molecule is CCOc1ccc(-c2ccc(C(F)(F)F)cc2)cc1CN(C(=O)c1sc2ccccc2c1Cl)C1CCC(N(C)Cl)CC1. The topological polar surface area (TPSA) is 32.8 Å². The van der Waals surface area contributed by atoms with Crippen LogP contribution < -0.4 is 4.74 Å². The molecule has 0 spiro atoms. The molecule has 0 unspecified atom stereocenters. The second-order valence-corrected chi connectivity index (χ2v) is 12.5. The summed E-state index contributed by atoms with van der Waals surface area (Å²) in [6.45, 7) is 2.58. The van der Waals surface area contributed by atoms with Crippen LogP contribution in [0.2, 0.25) is 5.02 Å². The van der Waals surface area contributed by atoms with E-state index in [1.54, 1.807) is 4.42 Å². The molecule has 0 N–H and O–H groups in total. The van der Waals surface area contributed by atoms with E-state index in [0.717, 1.165) is 59.0 Å². The Bertz CT molecular complexity index is 1550. The van der Waals surface area contributed by atoms with Crippen molar-refractivity contribution in [1.29, 1.82) is 0 Å². The van der Waals surface area contributed by atoms with Crippen molar-refractivity contribution in [2.24, 2.45) is 0 Å². The van der Waals surface area contributed by atoms with E-state index in [1.165, 1.54) is 23.5 Å². The van der Waals surface area contributed by atoms with E-state index in [9.17, 15) is 18.0 Å². The van der Waals surface area contributed by atoms with Crippen LogP contribution in [0.25, 0.3) is 21.2 Å². The molecule has 4 nitrogen and oxygen atoms in total. The summed E-state index contributed by atoms with van der Waals surface area (Å²) in [4.78, 5) is 16.7. The first-order valence-electron chi connectivity index (χ1n) is 13.9. The summed E-state index contributed by atoms with van der Waals surface area (Å²) in [6, 6.07) is 18.5. The Labute approximate surface area is 257 Å². The molecule has 0 aliphatic heterocycles. The van der Waals surface area contributed by atoms with Crippen LogP contribution in [0.1, 0.15) is 53.4 Å². The average Bonchev–Trinajstić information content (AvgIpc) is 3.32. The zero-order valence-corrected chi connectivity index (χ0v) is 25.6. The molecule has 1 fully saturated rings. The highest BCUT2D eigenvalue weighted by molar-refractivity contribution is 7.21. The minimum Gasteiger partial charge on any atom is -0.494 e. The van der Waals surface area contributed by atoms with Gasteiger partial charge in [-0.2, -0.15) is 13.2 Å². The Kier molecular flexibility index (Phi) is 9.38. The fraction of sp³-hybridized carbons (Fsp3) is 0.344. The first-order valence-corrected chi connectivity index (χ1v) is 15.4. The van der Waals surface area contributed by atoms with Crippen LogP contribution in [0.5, 0.6) is 5.75 Å². The molecule has 1 saturated carbocycles. The van der Waals surface area contributed by atoms with Gasteiger partial charge in [-0.15, -0.1) is 11.3 Å². The van der Waals surface area contributed by atoms with Gasteiger partial charge in [-0.05, 0) is 85.8 Å². The molecule has 3 aromatic carbocycles. The van der Waals surface area contributed by atoms with Crippen molar-refractivity contribution in [2.45, 2.75) is 57.4 Å². The van der Waals surface area contributed by atoms with Crippen molar-refractivity contribution in [1.82, 2.24) is 9.32 Å². The molecular weight excluding hydrogens is 604 g/mol. The van der Waals surface area contributed by atoms with Gasteiger partial charge < -0.3 is 9.64 Å². The smallest absolute Gasteiger partial charge is 0.416 e. The van der Waals surface area contributed by atoms with E-state index < -0.39 is 11.7 Å². The summed E-state index contributed by atoms with van der Waals surface area (Å²) in [5, 5.41) is 1.29. The lowest BCUT2D eigenvalue weighted by molar-refractivity contribution is -0.137. The van der Waals surface area contributed by atoms with Gasteiger partial charge in [0.25, 0.3) is 5.91 Å². The largest absolute Gasteiger partial charge is 0.494 e. The van der Waals surface area contributed by atoms with Crippen LogP contribution in [0, 0.1) is 0 Å². The van der Waals surface area contributed by atoms with Crippen molar-refractivity contribution >= 4 is 50.7 Å². The molecule has 4 aromatic rings. The monoisotopic (exact) mass is 634 g/mol. The van der Waals surface area contributed by atoms with Gasteiger partial charge in [-0.1, -0.05) is 48.0 Å². The van der Waals surface area contributed by atoms with Crippen LogP contribution in [-0.2, 0) is 12.7 Å². The highest BCUT2D eigenvalue weighted by atomic mass is 35.5. The maximum Gasteiger partial charge on any atom is 0.416 e. The number of carbonyl (C=O) groups excluding carboxylic acids is 1. The number of thiophene rings is 1. The first kappa shape index (κ1) is 30.7. The van der Waals surface area contributed by atoms with Crippen LogP contribution in [0.15, 0.2) is 66.7 Å². The van der Waals surface area contributed by atoms with E-state index in [2.05, 4.69) is 0 Å². The van der Waals surface area contributed by atoms with Crippen molar-refractivity contribution < 1.29 is 22.7 Å². The Hall–Kier alpha value is -2.78. The molecule has 1 aliphatic carbocycles. The third-order valence-corrected chi connectivity index (χ3v) is 9.79. The molecule has 0 radical (unpaired) electrons. The number of fused-ring (bicyclic) bond motifs is 1. The zero-order valence-electron chi connectivity index (χ0n) is 23.3. The van der Waals surface area contributed by atoms with E-state index >= 15 is 0 Å². The number of benzene rings is 3. The highest BCUT2D eigenvalue weighted by Crippen LogP contribution is 2.39. The van der Waals surface area contributed by atoms with E-state index in [-0.39, 0.29) is 24.5 Å². The lowest BCUT2D eigenvalue weighted by Crippen LogP contribution is -2.44. The van der Waals surface area contributed by atoms with Crippen molar-refractivity contribution in [3.05, 3.63) is 87.8 Å². The van der Waals surface area contributed by atoms with Crippen LogP contribution in [0.4, 0.5) is 13.2 Å². The van der Waals surface area contributed by atoms with Gasteiger partial charge in [0, 0.05) is 41.3 Å². The summed E-state index contributed by atoms with van der Waals surface area (Å²) < 4.78 is 48.1. The second kappa shape index (κ2) is 12.8. The Morgan fingerprint density at radius 2 is 1.62 bits per heavy atom. The minimum absolute atomic E-state index is 0.0455. The van der Waals surface area contributed by atoms with Gasteiger partial charge in [0.1, 0.15) is 10.6 Å². The highest BCUT2D eigenvalue weighted by Gasteiger charge is 2.33. The van der Waals surface area contributed by atoms with Gasteiger partial charge in [-0.25, -0.2) is 4.42 Å². The third kappa shape index (κ3) is 6.57. The van der Waals surface area contributed by atoms with Crippen LogP contribution in [-0.4, -0.2) is 41.0 Å². The van der Waals surface area contributed by atoms with Gasteiger partial charge in [0.15, 0.2) is 0 Å². The number of hydrogen-bond acceptors (Lipinski definition) is 4. The third-order valence-electron chi connectivity index (χ3n) is 7.85. The first-order chi connectivity index (χ1) is 20.1. The molecule has 1 aromatic heterocycles. The number of carbonyl (C=O) groups is 1. The van der Waals surface area contributed by atoms with Gasteiger partial charge in [0.2, 0.25) is 0 Å². The normalized spacial score (nSPS) is 17.5. The summed E-state index contributed by atoms with van der Waals surface area (Å²) in [5.41, 5.74) is 1.45. The fourth-order valence-electron chi connectivity index (χ4n) is 5.59. The standard InChI is InChI=1S/C32H31Cl2F3N2O2S/c1-3-41-27-17-10-21(20-8-11-23(12-9-20)32(35,36)37)18-22(27)19-39(25-15-13-24(14-16-25)38(2)34)31(40)30-29(33)26-6-4-5-7-28(26)42-30/h4-12,17-18,24-25H,3,13-16,19H2,1-2H3. The summed E-state index contributed by atoms with van der Waals surface area (Å²) in [7, 11) is 1.85. The van der Waals surface area contributed by atoms with Crippen LogP contribution >= 0.6 is 34.7 Å². The molecule has 0 bridgehead atoms. The molecular formula is C32H31Cl2F3N2O2S. The Morgan fingerprint density at radius 3 is 2.24 bits per heavy atom. The molecule has 1 heterocycles. The van der Waals surface area contributed by atoms with Gasteiger partial charge >= 0.3 is 6.18 Å². The van der Waals surface area contributed by atoms with E-state index in [4.69, 9.17) is 28.1 Å². The lowest BCUT2D eigenvalue weighted by Gasteiger charge is -2.38. The predicted octanol–water partition coefficient (Wildman–Crippen LogP) is 9.68. The summed E-state index contributed by atoms with van der Waals surface area (Å²) >= 11 is 14.4. The van der Waals surface area contributed by atoms with Crippen molar-refractivity contribution in [2.75, 3.05) is 13.7 Å².